The minimum atomic E-state index is -0.263. The quantitative estimate of drug-likeness (QED) is 0.553. The van der Waals surface area contributed by atoms with Crippen LogP contribution in [0.3, 0.4) is 0 Å². The Balaban J connectivity index is 1.81. The summed E-state index contributed by atoms with van der Waals surface area (Å²) in [5, 5.41) is 1.16. The van der Waals surface area contributed by atoms with Crippen LogP contribution >= 0.6 is 0 Å². The van der Waals surface area contributed by atoms with Crippen molar-refractivity contribution < 1.29 is 9.59 Å². The van der Waals surface area contributed by atoms with E-state index >= 15 is 0 Å². The third kappa shape index (κ3) is 3.50. The van der Waals surface area contributed by atoms with Crippen molar-refractivity contribution in [1.29, 1.82) is 0 Å². The largest absolute Gasteiger partial charge is 0.351 e. The van der Waals surface area contributed by atoms with E-state index in [0.717, 1.165) is 59.3 Å². The number of hydrogen-bond acceptors (Lipinski definition) is 3. The van der Waals surface area contributed by atoms with Gasteiger partial charge in [0.2, 0.25) is 0 Å². The van der Waals surface area contributed by atoms with E-state index in [1.165, 1.54) is 5.52 Å². The molecule has 1 aromatic carbocycles. The molecule has 0 saturated carbocycles. The van der Waals surface area contributed by atoms with E-state index in [9.17, 15) is 9.59 Å². The summed E-state index contributed by atoms with van der Waals surface area (Å²) in [7, 11) is 2.07. The number of fused-ring (bicyclic) bond motifs is 1. The summed E-state index contributed by atoms with van der Waals surface area (Å²) in [5.74, 6) is 0.144. The molecule has 0 N–H and O–H groups in total. The van der Waals surface area contributed by atoms with E-state index < -0.39 is 0 Å². The maximum atomic E-state index is 13.7. The molecule has 3 aliphatic rings. The summed E-state index contributed by atoms with van der Waals surface area (Å²) in [6.07, 6.45) is 6.05. The van der Waals surface area contributed by atoms with Crippen molar-refractivity contribution in [2.45, 2.75) is 79.2 Å². The maximum absolute atomic E-state index is 13.7. The van der Waals surface area contributed by atoms with Gasteiger partial charge in [0, 0.05) is 72.0 Å². The molecule has 0 spiro atoms. The zero-order chi connectivity index (χ0) is 23.7. The number of hydrogen-bond donors (Lipinski definition) is 0. The Morgan fingerprint density at radius 2 is 1.42 bits per heavy atom. The van der Waals surface area contributed by atoms with Crippen molar-refractivity contribution in [3.8, 4) is 0 Å². The van der Waals surface area contributed by atoms with Crippen molar-refractivity contribution in [3.63, 3.8) is 0 Å². The van der Waals surface area contributed by atoms with Crippen LogP contribution < -0.4 is 0 Å². The lowest BCUT2D eigenvalue weighted by molar-refractivity contribution is -0.119. The smallest absolute Gasteiger partial charge is 0.162 e. The van der Waals surface area contributed by atoms with Gasteiger partial charge < -0.3 is 9.47 Å². The van der Waals surface area contributed by atoms with Gasteiger partial charge in [-0.05, 0) is 41.7 Å². The molecule has 4 nitrogen and oxygen atoms in total. The van der Waals surface area contributed by atoms with Crippen LogP contribution in [0.4, 0.5) is 0 Å². The second-order valence-corrected chi connectivity index (χ2v) is 11.9. The van der Waals surface area contributed by atoms with E-state index in [1.807, 2.05) is 0 Å². The van der Waals surface area contributed by atoms with Crippen LogP contribution in [0.2, 0.25) is 0 Å². The normalized spacial score (nSPS) is 22.8. The fourth-order valence-electron chi connectivity index (χ4n) is 6.41. The van der Waals surface area contributed by atoms with Gasteiger partial charge in [-0.25, -0.2) is 0 Å². The SMILES string of the molecule is CCCn1cc(C2C3=C(CC(C)(C)CC3=O)N(C)C3=C2C(=O)CC(C)(C)C3)c2ccccc21. The molecule has 4 heteroatoms. The molecule has 2 aliphatic carbocycles. The molecule has 2 aromatic rings. The summed E-state index contributed by atoms with van der Waals surface area (Å²) >= 11 is 0. The molecule has 0 bridgehead atoms. The fourth-order valence-corrected chi connectivity index (χ4v) is 6.41. The molecule has 0 fully saturated rings. The maximum Gasteiger partial charge on any atom is 0.162 e. The van der Waals surface area contributed by atoms with Gasteiger partial charge in [0.05, 0.1) is 0 Å². The first-order valence-corrected chi connectivity index (χ1v) is 12.4. The molecule has 33 heavy (non-hydrogen) atoms. The minimum Gasteiger partial charge on any atom is -0.351 e. The Morgan fingerprint density at radius 1 is 0.879 bits per heavy atom. The summed E-state index contributed by atoms with van der Waals surface area (Å²) < 4.78 is 2.30. The van der Waals surface area contributed by atoms with Gasteiger partial charge in [0.15, 0.2) is 11.6 Å². The molecule has 1 aliphatic heterocycles. The highest BCUT2D eigenvalue weighted by Gasteiger charge is 2.48. The average Bonchev–Trinajstić information content (AvgIpc) is 3.07. The van der Waals surface area contributed by atoms with Crippen molar-refractivity contribution in [1.82, 2.24) is 9.47 Å². The monoisotopic (exact) mass is 444 g/mol. The number of allylic oxidation sites excluding steroid dienone is 4. The van der Waals surface area contributed by atoms with E-state index in [0.29, 0.717) is 12.8 Å². The summed E-state index contributed by atoms with van der Waals surface area (Å²) in [5.41, 5.74) is 6.13. The lowest BCUT2D eigenvalue weighted by Crippen LogP contribution is -2.43. The Hall–Kier alpha value is -2.62. The summed E-state index contributed by atoms with van der Waals surface area (Å²) in [4.78, 5) is 29.7. The minimum absolute atomic E-state index is 0.0722. The fraction of sp³-hybridized carbons (Fsp3) is 0.517. The topological polar surface area (TPSA) is 42.3 Å². The van der Waals surface area contributed by atoms with E-state index in [1.54, 1.807) is 0 Å². The predicted molar refractivity (Wildman–Crippen MR) is 133 cm³/mol. The van der Waals surface area contributed by atoms with Gasteiger partial charge in [-0.15, -0.1) is 0 Å². The van der Waals surface area contributed by atoms with Gasteiger partial charge in [-0.3, -0.25) is 9.59 Å². The van der Waals surface area contributed by atoms with Crippen LogP contribution in [0.15, 0.2) is 53.0 Å². The molecule has 0 saturated heterocycles. The number of nitrogens with zero attached hydrogens (tertiary/aromatic N) is 2. The molecule has 174 valence electrons. The zero-order valence-corrected chi connectivity index (χ0v) is 20.9. The number of carbonyl (C=O) groups is 2. The van der Waals surface area contributed by atoms with E-state index in [2.05, 4.69) is 81.6 Å². The molecular formula is C29H36N2O2. The van der Waals surface area contributed by atoms with Crippen LogP contribution in [0.25, 0.3) is 10.9 Å². The number of carbonyl (C=O) groups excluding carboxylic acids is 2. The van der Waals surface area contributed by atoms with Gasteiger partial charge in [-0.1, -0.05) is 52.8 Å². The molecule has 0 amide bonds. The van der Waals surface area contributed by atoms with Crippen LogP contribution in [-0.2, 0) is 16.1 Å². The molecule has 5 rings (SSSR count). The molecule has 0 atom stereocenters. The van der Waals surface area contributed by atoms with Crippen molar-refractivity contribution in [3.05, 3.63) is 58.6 Å². The van der Waals surface area contributed by atoms with Crippen LogP contribution in [-0.4, -0.2) is 28.1 Å². The van der Waals surface area contributed by atoms with Gasteiger partial charge in [0.1, 0.15) is 0 Å². The Labute approximate surface area is 197 Å². The van der Waals surface area contributed by atoms with E-state index in [-0.39, 0.29) is 28.3 Å². The van der Waals surface area contributed by atoms with Gasteiger partial charge >= 0.3 is 0 Å². The number of benzene rings is 1. The number of aryl methyl sites for hydroxylation is 1. The Kier molecular flexibility index (Phi) is 5.00. The average molecular weight is 445 g/mol. The summed E-state index contributed by atoms with van der Waals surface area (Å²) in [6.45, 7) is 11.8. The molecule has 1 aromatic heterocycles. The third-order valence-corrected chi connectivity index (χ3v) is 7.77. The van der Waals surface area contributed by atoms with Gasteiger partial charge in [-0.2, -0.15) is 0 Å². The van der Waals surface area contributed by atoms with E-state index in [4.69, 9.17) is 0 Å². The summed E-state index contributed by atoms with van der Waals surface area (Å²) in [6, 6.07) is 8.46. The second-order valence-electron chi connectivity index (χ2n) is 11.9. The number of rotatable bonds is 3. The molecule has 0 radical (unpaired) electrons. The highest BCUT2D eigenvalue weighted by Crippen LogP contribution is 2.54. The van der Waals surface area contributed by atoms with Crippen molar-refractivity contribution in [2.75, 3.05) is 7.05 Å². The van der Waals surface area contributed by atoms with Crippen LogP contribution in [0, 0.1) is 10.8 Å². The van der Waals surface area contributed by atoms with Crippen LogP contribution in [0.5, 0.6) is 0 Å². The Bertz CT molecular complexity index is 1180. The number of Topliss-reactive ketones (excluding diaryl/α,β-unsaturated/α-hetero) is 2. The highest BCUT2D eigenvalue weighted by molar-refractivity contribution is 6.08. The molecular weight excluding hydrogens is 408 g/mol. The van der Waals surface area contributed by atoms with Crippen molar-refractivity contribution in [2.24, 2.45) is 10.8 Å². The number of para-hydroxylation sites is 1. The predicted octanol–water partition coefficient (Wildman–Crippen LogP) is 6.37. The first kappa shape index (κ1) is 22.2. The third-order valence-electron chi connectivity index (χ3n) is 7.77. The molecule has 0 unspecified atom stereocenters. The number of ketones is 2. The standard InChI is InChI=1S/C29H36N2O2/c1-7-12-31-17-19(18-10-8-9-11-20(18)31)25-26-21(13-28(2,3)15-23(26)32)30(6)22-14-29(4,5)16-24(33)27(22)25/h8-11,17,25H,7,12-16H2,1-6H3. The zero-order valence-electron chi connectivity index (χ0n) is 20.9. The number of aromatic nitrogens is 1. The molecule has 2 heterocycles. The first-order chi connectivity index (χ1) is 15.5. The van der Waals surface area contributed by atoms with Crippen molar-refractivity contribution >= 4 is 22.5 Å². The van der Waals surface area contributed by atoms with Crippen LogP contribution in [0.1, 0.15) is 78.2 Å². The first-order valence-electron chi connectivity index (χ1n) is 12.4. The lowest BCUT2D eigenvalue weighted by atomic mass is 9.64. The Morgan fingerprint density at radius 3 is 1.97 bits per heavy atom. The van der Waals surface area contributed by atoms with Gasteiger partial charge in [0.25, 0.3) is 0 Å². The lowest BCUT2D eigenvalue weighted by Gasteiger charge is -2.47. The highest BCUT2D eigenvalue weighted by atomic mass is 16.1. The second kappa shape index (κ2) is 7.44.